The molecule has 0 saturated carbocycles. The van der Waals surface area contributed by atoms with Gasteiger partial charge in [-0.25, -0.2) is 0 Å². The fraction of sp³-hybridized carbons (Fsp3) is 0.111. The van der Waals surface area contributed by atoms with Crippen LogP contribution in [0.1, 0.15) is 21.0 Å². The maximum atomic E-state index is 12.1. The van der Waals surface area contributed by atoms with E-state index in [1.54, 1.807) is 6.07 Å². The van der Waals surface area contributed by atoms with Crippen LogP contribution in [0, 0.1) is 0 Å². The van der Waals surface area contributed by atoms with E-state index in [0.717, 1.165) is 5.56 Å². The van der Waals surface area contributed by atoms with Gasteiger partial charge in [0.15, 0.2) is 0 Å². The van der Waals surface area contributed by atoms with E-state index in [1.165, 1.54) is 12.1 Å². The van der Waals surface area contributed by atoms with E-state index in [-0.39, 0.29) is 29.9 Å². The highest BCUT2D eigenvalue weighted by atomic mass is 35.5. The predicted molar refractivity (Wildman–Crippen MR) is 101 cm³/mol. The summed E-state index contributed by atoms with van der Waals surface area (Å²) in [6.07, 6.45) is 0. The quantitative estimate of drug-likeness (QED) is 0.614. The second kappa shape index (κ2) is 8.66. The molecule has 0 spiro atoms. The average Bonchev–Trinajstić information content (AvgIpc) is 3.16. The zero-order chi connectivity index (χ0) is 19.2. The van der Waals surface area contributed by atoms with Gasteiger partial charge in [-0.2, -0.15) is 4.98 Å². The molecule has 2 amide bonds. The Morgan fingerprint density at radius 1 is 0.963 bits per heavy atom. The van der Waals surface area contributed by atoms with Crippen molar-refractivity contribution in [2.45, 2.75) is 0 Å². The van der Waals surface area contributed by atoms with Gasteiger partial charge in [0, 0.05) is 23.7 Å². The van der Waals surface area contributed by atoms with Crippen molar-refractivity contribution in [3.8, 4) is 11.4 Å². The number of amides is 2. The van der Waals surface area contributed by atoms with Gasteiger partial charge in [0.1, 0.15) is 0 Å². The lowest BCUT2D eigenvalue weighted by Gasteiger charge is -2.07. The molecule has 1 aromatic heterocycles. The molecule has 0 aliphatic heterocycles. The Morgan fingerprint density at radius 3 is 2.37 bits per heavy atom. The first-order valence-corrected chi connectivity index (χ1v) is 8.71. The Morgan fingerprint density at radius 2 is 1.67 bits per heavy atom. The summed E-state index contributed by atoms with van der Waals surface area (Å²) in [5, 5.41) is 9.71. The van der Waals surface area contributed by atoms with Crippen LogP contribution in [0.5, 0.6) is 0 Å². The van der Waals surface area contributed by atoms with Crippen molar-refractivity contribution < 1.29 is 14.1 Å². The van der Waals surface area contributed by atoms with Gasteiger partial charge >= 0.3 is 11.8 Å². The van der Waals surface area contributed by atoms with Crippen LogP contribution in [0.15, 0.2) is 53.1 Å². The monoisotopic (exact) mass is 404 g/mol. The number of halogens is 2. The molecule has 138 valence electrons. The van der Waals surface area contributed by atoms with Crippen molar-refractivity contribution in [3.63, 3.8) is 0 Å². The van der Waals surface area contributed by atoms with E-state index < -0.39 is 5.91 Å². The second-order valence-electron chi connectivity index (χ2n) is 5.43. The number of hydrogen-bond acceptors (Lipinski definition) is 5. The number of benzene rings is 2. The first-order valence-electron chi connectivity index (χ1n) is 7.95. The molecule has 0 fully saturated rings. The van der Waals surface area contributed by atoms with Gasteiger partial charge < -0.3 is 15.2 Å². The number of carbonyl (C=O) groups is 2. The number of nitrogens with one attached hydrogen (secondary N) is 2. The van der Waals surface area contributed by atoms with Crippen molar-refractivity contribution in [3.05, 3.63) is 70.0 Å². The molecule has 0 radical (unpaired) electrons. The molecular weight excluding hydrogens is 391 g/mol. The van der Waals surface area contributed by atoms with Crippen molar-refractivity contribution in [1.82, 2.24) is 20.8 Å². The number of aromatic nitrogens is 2. The molecule has 9 heteroatoms. The molecule has 1 heterocycles. The van der Waals surface area contributed by atoms with Crippen LogP contribution in [-0.4, -0.2) is 35.0 Å². The molecule has 3 aromatic rings. The molecule has 2 N–H and O–H groups in total. The van der Waals surface area contributed by atoms with E-state index in [0.29, 0.717) is 16.4 Å². The molecule has 27 heavy (non-hydrogen) atoms. The van der Waals surface area contributed by atoms with E-state index in [1.807, 2.05) is 30.3 Å². The fourth-order valence-electron chi connectivity index (χ4n) is 2.22. The van der Waals surface area contributed by atoms with Gasteiger partial charge in [0.05, 0.1) is 10.6 Å². The van der Waals surface area contributed by atoms with Gasteiger partial charge in [-0.1, -0.05) is 58.7 Å². The molecular formula is C18H14Cl2N4O3. The van der Waals surface area contributed by atoms with Crippen molar-refractivity contribution in [2.75, 3.05) is 13.1 Å². The molecule has 7 nitrogen and oxygen atoms in total. The third kappa shape index (κ3) is 4.84. The van der Waals surface area contributed by atoms with Crippen LogP contribution in [0.3, 0.4) is 0 Å². The lowest BCUT2D eigenvalue weighted by molar-refractivity contribution is 0.0898. The molecule has 0 unspecified atom stereocenters. The molecule has 0 atom stereocenters. The number of nitrogens with zero attached hydrogens (tertiary/aromatic N) is 2. The molecule has 2 aromatic carbocycles. The summed E-state index contributed by atoms with van der Waals surface area (Å²) in [5.41, 5.74) is 1.05. The summed E-state index contributed by atoms with van der Waals surface area (Å²) in [7, 11) is 0. The van der Waals surface area contributed by atoms with Crippen LogP contribution < -0.4 is 10.6 Å². The number of carbonyl (C=O) groups excluding carboxylic acids is 2. The zero-order valence-corrected chi connectivity index (χ0v) is 15.4. The highest BCUT2D eigenvalue weighted by molar-refractivity contribution is 6.36. The van der Waals surface area contributed by atoms with E-state index >= 15 is 0 Å². The first kappa shape index (κ1) is 18.9. The molecule has 0 bridgehead atoms. The summed E-state index contributed by atoms with van der Waals surface area (Å²) in [6.45, 7) is 0.377. The summed E-state index contributed by atoms with van der Waals surface area (Å²) in [4.78, 5) is 28.2. The summed E-state index contributed by atoms with van der Waals surface area (Å²) >= 11 is 11.8. The largest absolute Gasteiger partial charge is 0.350 e. The number of hydrogen-bond donors (Lipinski definition) is 2. The van der Waals surface area contributed by atoms with Crippen LogP contribution in [0.25, 0.3) is 11.4 Å². The third-order valence-corrected chi connectivity index (χ3v) is 4.07. The van der Waals surface area contributed by atoms with Gasteiger partial charge in [-0.3, -0.25) is 9.59 Å². The molecule has 0 aliphatic carbocycles. The maximum absolute atomic E-state index is 12.1. The van der Waals surface area contributed by atoms with Gasteiger partial charge in [0.2, 0.25) is 5.82 Å². The lowest BCUT2D eigenvalue weighted by atomic mass is 10.2. The Balaban J connectivity index is 1.49. The summed E-state index contributed by atoms with van der Waals surface area (Å²) in [6, 6.07) is 13.7. The Hall–Kier alpha value is -2.90. The van der Waals surface area contributed by atoms with Gasteiger partial charge in [-0.05, 0) is 18.2 Å². The van der Waals surface area contributed by atoms with E-state index in [2.05, 4.69) is 20.8 Å². The Bertz CT molecular complexity index is 960. The van der Waals surface area contributed by atoms with E-state index in [4.69, 9.17) is 27.7 Å². The minimum atomic E-state index is -0.525. The van der Waals surface area contributed by atoms with Crippen LogP contribution in [-0.2, 0) is 0 Å². The lowest BCUT2D eigenvalue weighted by Crippen LogP contribution is -2.34. The third-order valence-electron chi connectivity index (χ3n) is 3.52. The normalized spacial score (nSPS) is 10.4. The highest BCUT2D eigenvalue weighted by Gasteiger charge is 2.16. The predicted octanol–water partition coefficient (Wildman–Crippen LogP) is 3.20. The SMILES string of the molecule is O=C(NCCNC(=O)c1ccc(Cl)cc1Cl)c1nc(-c2ccccc2)no1. The van der Waals surface area contributed by atoms with Crippen molar-refractivity contribution >= 4 is 35.0 Å². The standard InChI is InChI=1S/C18H14Cl2N4O3/c19-12-6-7-13(14(20)10-12)16(25)21-8-9-22-17(26)18-23-15(24-27-18)11-4-2-1-3-5-11/h1-7,10H,8-9H2,(H,21,25)(H,22,26). The first-order chi connectivity index (χ1) is 13.0. The van der Waals surface area contributed by atoms with Gasteiger partial charge in [0.25, 0.3) is 5.91 Å². The van der Waals surface area contributed by atoms with Crippen LogP contribution >= 0.6 is 23.2 Å². The minimum absolute atomic E-state index is 0.152. The van der Waals surface area contributed by atoms with E-state index in [9.17, 15) is 9.59 Å². The summed E-state index contributed by atoms with van der Waals surface area (Å²) < 4.78 is 4.96. The van der Waals surface area contributed by atoms with Crippen LogP contribution in [0.4, 0.5) is 0 Å². The van der Waals surface area contributed by atoms with Crippen molar-refractivity contribution in [1.29, 1.82) is 0 Å². The molecule has 3 rings (SSSR count). The number of rotatable bonds is 6. The maximum Gasteiger partial charge on any atom is 0.316 e. The minimum Gasteiger partial charge on any atom is -0.350 e. The van der Waals surface area contributed by atoms with Crippen molar-refractivity contribution in [2.24, 2.45) is 0 Å². The Kier molecular flexibility index (Phi) is 6.05. The second-order valence-corrected chi connectivity index (χ2v) is 6.27. The summed E-state index contributed by atoms with van der Waals surface area (Å²) in [5.74, 6) is -0.717. The average molecular weight is 405 g/mol. The highest BCUT2D eigenvalue weighted by Crippen LogP contribution is 2.20. The smallest absolute Gasteiger partial charge is 0.316 e. The molecule has 0 saturated heterocycles. The van der Waals surface area contributed by atoms with Gasteiger partial charge in [-0.15, -0.1) is 0 Å². The van der Waals surface area contributed by atoms with Crippen LogP contribution in [0.2, 0.25) is 10.0 Å². The fourth-order valence-corrected chi connectivity index (χ4v) is 2.71. The zero-order valence-electron chi connectivity index (χ0n) is 13.9. The topological polar surface area (TPSA) is 97.1 Å². The Labute approximate surface area is 164 Å². The molecule has 0 aliphatic rings.